The molecule has 0 atom stereocenters. The minimum Gasteiger partial charge on any atom is -0.356 e. The summed E-state index contributed by atoms with van der Waals surface area (Å²) in [5.41, 5.74) is 4.92. The van der Waals surface area contributed by atoms with Crippen LogP contribution < -0.4 is 10.2 Å². The van der Waals surface area contributed by atoms with Crippen LogP contribution in [0.25, 0.3) is 5.65 Å². The van der Waals surface area contributed by atoms with E-state index in [1.807, 2.05) is 19.3 Å². The number of hydrogen-bond acceptors (Lipinski definition) is 5. The van der Waals surface area contributed by atoms with Gasteiger partial charge in [-0.1, -0.05) is 12.1 Å². The number of hydrogen-bond donors (Lipinski definition) is 1. The molecule has 3 aromatic rings. The van der Waals surface area contributed by atoms with Gasteiger partial charge < -0.3 is 15.1 Å². The van der Waals surface area contributed by atoms with Crippen molar-refractivity contribution >= 4 is 11.5 Å². The Morgan fingerprint density at radius 3 is 2.73 bits per heavy atom. The highest BCUT2D eigenvalue weighted by molar-refractivity contribution is 5.52. The quantitative estimate of drug-likeness (QED) is 0.724. The van der Waals surface area contributed by atoms with Crippen LogP contribution in [0.2, 0.25) is 0 Å². The lowest BCUT2D eigenvalue weighted by atomic mass is 9.96. The first-order valence-corrected chi connectivity index (χ1v) is 11.2. The van der Waals surface area contributed by atoms with E-state index in [1.165, 1.54) is 55.7 Å². The van der Waals surface area contributed by atoms with Crippen molar-refractivity contribution in [3.05, 3.63) is 59.7 Å². The predicted octanol–water partition coefficient (Wildman–Crippen LogP) is 3.16. The standard InChI is InChI=1S/C15H23N5.C9H11N/c1-16-11-13-12-20-14(17-13)5-3-6-15(20)19-8-4-7-18(2)9-10-19;1-2-6-9-8(4-1)5-3-7-10-9/h3,5-6,12,16H,4,7-11H2,1-2H3;3,5,7H,1-2,4,6H2. The van der Waals surface area contributed by atoms with Crippen LogP contribution in [0.5, 0.6) is 0 Å². The zero-order valence-corrected chi connectivity index (χ0v) is 18.3. The van der Waals surface area contributed by atoms with Gasteiger partial charge in [-0.25, -0.2) is 4.98 Å². The Bertz CT molecular complexity index is 925. The van der Waals surface area contributed by atoms with E-state index in [2.05, 4.69) is 67.0 Å². The van der Waals surface area contributed by atoms with Gasteiger partial charge in [0, 0.05) is 44.3 Å². The van der Waals surface area contributed by atoms with Crippen LogP contribution in [0.3, 0.4) is 0 Å². The summed E-state index contributed by atoms with van der Waals surface area (Å²) in [7, 11) is 4.15. The highest BCUT2D eigenvalue weighted by atomic mass is 15.3. The summed E-state index contributed by atoms with van der Waals surface area (Å²) in [5, 5.41) is 3.16. The number of anilines is 1. The molecule has 6 heteroatoms. The van der Waals surface area contributed by atoms with E-state index in [0.29, 0.717) is 0 Å². The smallest absolute Gasteiger partial charge is 0.138 e. The van der Waals surface area contributed by atoms with Crippen LogP contribution in [0, 0.1) is 0 Å². The van der Waals surface area contributed by atoms with Crippen molar-refractivity contribution in [1.82, 2.24) is 24.6 Å². The van der Waals surface area contributed by atoms with Crippen molar-refractivity contribution in [1.29, 1.82) is 0 Å². The van der Waals surface area contributed by atoms with Gasteiger partial charge in [0.15, 0.2) is 0 Å². The fourth-order valence-electron chi connectivity index (χ4n) is 4.38. The molecule has 0 radical (unpaired) electrons. The zero-order valence-electron chi connectivity index (χ0n) is 18.3. The molecule has 1 aliphatic carbocycles. The number of likely N-dealkylation sites (N-methyl/N-ethyl adjacent to an activating group) is 1. The summed E-state index contributed by atoms with van der Waals surface area (Å²) in [6, 6.07) is 10.6. The van der Waals surface area contributed by atoms with Crippen molar-refractivity contribution in [3.8, 4) is 0 Å². The first kappa shape index (κ1) is 20.8. The van der Waals surface area contributed by atoms with Crippen LogP contribution in [0.1, 0.15) is 36.2 Å². The molecule has 6 nitrogen and oxygen atoms in total. The lowest BCUT2D eigenvalue weighted by Crippen LogP contribution is -2.29. The third-order valence-corrected chi connectivity index (χ3v) is 6.02. The van der Waals surface area contributed by atoms with Gasteiger partial charge in [-0.3, -0.25) is 9.38 Å². The number of fused-ring (bicyclic) bond motifs is 2. The Balaban J connectivity index is 0.000000181. The highest BCUT2D eigenvalue weighted by Crippen LogP contribution is 2.20. The molecule has 0 saturated carbocycles. The van der Waals surface area contributed by atoms with Crippen molar-refractivity contribution in [2.75, 3.05) is 45.2 Å². The molecule has 1 saturated heterocycles. The first-order valence-electron chi connectivity index (χ1n) is 11.2. The number of aromatic nitrogens is 3. The molecule has 0 unspecified atom stereocenters. The number of rotatable bonds is 3. The van der Waals surface area contributed by atoms with Gasteiger partial charge in [0.05, 0.1) is 5.69 Å². The van der Waals surface area contributed by atoms with Crippen molar-refractivity contribution < 1.29 is 0 Å². The summed E-state index contributed by atoms with van der Waals surface area (Å²) in [6.45, 7) is 5.30. The number of nitrogens with one attached hydrogen (secondary N) is 1. The molecule has 0 aromatic carbocycles. The Morgan fingerprint density at radius 2 is 1.87 bits per heavy atom. The molecule has 0 spiro atoms. The number of pyridine rings is 2. The third kappa shape index (κ3) is 4.99. The third-order valence-electron chi connectivity index (χ3n) is 6.02. The normalized spacial score (nSPS) is 17.2. The SMILES string of the molecule is CNCc1cn2c(N3CCCN(C)CC3)cccc2n1.c1cnc2c(c1)CCCC2. The molecule has 1 fully saturated rings. The molecule has 0 bridgehead atoms. The summed E-state index contributed by atoms with van der Waals surface area (Å²) in [5.74, 6) is 1.26. The Morgan fingerprint density at radius 1 is 0.967 bits per heavy atom. The first-order chi connectivity index (χ1) is 14.7. The molecule has 30 heavy (non-hydrogen) atoms. The molecule has 1 aliphatic heterocycles. The van der Waals surface area contributed by atoms with Crippen molar-refractivity contribution in [2.45, 2.75) is 38.6 Å². The highest BCUT2D eigenvalue weighted by Gasteiger charge is 2.15. The fraction of sp³-hybridized carbons (Fsp3) is 0.500. The maximum Gasteiger partial charge on any atom is 0.138 e. The molecule has 3 aromatic heterocycles. The van der Waals surface area contributed by atoms with Gasteiger partial charge >= 0.3 is 0 Å². The summed E-state index contributed by atoms with van der Waals surface area (Å²) in [6.07, 6.45) is 10.4. The summed E-state index contributed by atoms with van der Waals surface area (Å²) >= 11 is 0. The van der Waals surface area contributed by atoms with Crippen LogP contribution in [0.4, 0.5) is 5.82 Å². The maximum absolute atomic E-state index is 4.66. The van der Waals surface area contributed by atoms with E-state index in [0.717, 1.165) is 37.5 Å². The lowest BCUT2D eigenvalue weighted by Gasteiger charge is -2.23. The van der Waals surface area contributed by atoms with Gasteiger partial charge in [0.1, 0.15) is 11.5 Å². The van der Waals surface area contributed by atoms with Gasteiger partial charge in [0.2, 0.25) is 0 Å². The van der Waals surface area contributed by atoms with Crippen LogP contribution in [-0.2, 0) is 19.4 Å². The van der Waals surface area contributed by atoms with Crippen LogP contribution >= 0.6 is 0 Å². The van der Waals surface area contributed by atoms with Crippen LogP contribution in [-0.4, -0.2) is 59.5 Å². The Labute approximate surface area is 179 Å². The largest absolute Gasteiger partial charge is 0.356 e. The Kier molecular flexibility index (Phi) is 6.97. The lowest BCUT2D eigenvalue weighted by molar-refractivity contribution is 0.360. The van der Waals surface area contributed by atoms with Gasteiger partial charge in [-0.15, -0.1) is 0 Å². The van der Waals surface area contributed by atoms with E-state index in [1.54, 1.807) is 0 Å². The minimum atomic E-state index is 0.809. The molecule has 1 N–H and O–H groups in total. The second kappa shape index (κ2) is 10.0. The fourth-order valence-corrected chi connectivity index (χ4v) is 4.38. The number of imidazole rings is 1. The van der Waals surface area contributed by atoms with Crippen molar-refractivity contribution in [3.63, 3.8) is 0 Å². The topological polar surface area (TPSA) is 48.7 Å². The van der Waals surface area contributed by atoms with E-state index >= 15 is 0 Å². The predicted molar refractivity (Wildman–Crippen MR) is 123 cm³/mol. The zero-order chi connectivity index (χ0) is 20.8. The van der Waals surface area contributed by atoms with E-state index in [-0.39, 0.29) is 0 Å². The van der Waals surface area contributed by atoms with E-state index in [9.17, 15) is 0 Å². The van der Waals surface area contributed by atoms with Gasteiger partial charge in [-0.2, -0.15) is 0 Å². The monoisotopic (exact) mass is 406 g/mol. The molecule has 160 valence electrons. The second-order valence-corrected chi connectivity index (χ2v) is 8.33. The number of nitrogens with zero attached hydrogens (tertiary/aromatic N) is 5. The molecule has 2 aliphatic rings. The van der Waals surface area contributed by atoms with Crippen LogP contribution in [0.15, 0.2) is 42.7 Å². The van der Waals surface area contributed by atoms with Crippen molar-refractivity contribution in [2.24, 2.45) is 0 Å². The van der Waals surface area contributed by atoms with Gasteiger partial charge in [0.25, 0.3) is 0 Å². The Hall–Kier alpha value is -2.44. The number of aryl methyl sites for hydroxylation is 2. The average Bonchev–Trinajstić information content (AvgIpc) is 3.07. The van der Waals surface area contributed by atoms with E-state index in [4.69, 9.17) is 0 Å². The second-order valence-electron chi connectivity index (χ2n) is 8.33. The molecule has 5 rings (SSSR count). The molecule has 4 heterocycles. The molecular weight excluding hydrogens is 372 g/mol. The minimum absolute atomic E-state index is 0.809. The summed E-state index contributed by atoms with van der Waals surface area (Å²) in [4.78, 5) is 13.9. The summed E-state index contributed by atoms with van der Waals surface area (Å²) < 4.78 is 2.22. The van der Waals surface area contributed by atoms with Gasteiger partial charge in [-0.05, 0) is 76.5 Å². The maximum atomic E-state index is 4.66. The molecule has 0 amide bonds. The van der Waals surface area contributed by atoms with E-state index < -0.39 is 0 Å². The average molecular weight is 407 g/mol. The molecular formula is C24H34N6.